The molecule has 10 heavy (non-hydrogen) atoms. The van der Waals surface area contributed by atoms with Crippen LogP contribution in [-0.2, 0) is 9.59 Å². The Kier molecular flexibility index (Phi) is 0.869. The predicted molar refractivity (Wildman–Crippen MR) is 33.0 cm³/mol. The summed E-state index contributed by atoms with van der Waals surface area (Å²) >= 11 is 0. The molecule has 0 radical (unpaired) electrons. The molecule has 0 bridgehead atoms. The van der Waals surface area contributed by atoms with Gasteiger partial charge in [0.2, 0.25) is 0 Å². The number of carbonyl (C=O) groups excluding carboxylic acids is 2. The Balaban J connectivity index is 2.43. The number of hydrogen-bond acceptors (Lipinski definition) is 4. The molecule has 0 amide bonds. The summed E-state index contributed by atoms with van der Waals surface area (Å²) in [5.41, 5.74) is 0.954. The first-order valence-corrected chi connectivity index (χ1v) is 3.07. The Hall–Kier alpha value is -1.32. The summed E-state index contributed by atoms with van der Waals surface area (Å²) in [5, 5.41) is 5.47. The molecule has 2 N–H and O–H groups in total. The van der Waals surface area contributed by atoms with Crippen LogP contribution in [0.4, 0.5) is 0 Å². The highest BCUT2D eigenvalue weighted by Crippen LogP contribution is 2.12. The van der Waals surface area contributed by atoms with E-state index in [4.69, 9.17) is 0 Å². The van der Waals surface area contributed by atoms with Crippen LogP contribution >= 0.6 is 0 Å². The van der Waals surface area contributed by atoms with E-state index in [1.165, 1.54) is 0 Å². The lowest BCUT2D eigenvalue weighted by atomic mass is 10.3. The van der Waals surface area contributed by atoms with Crippen molar-refractivity contribution in [3.63, 3.8) is 0 Å². The van der Waals surface area contributed by atoms with Gasteiger partial charge >= 0.3 is 0 Å². The normalized spacial score (nSPS) is 22.8. The lowest BCUT2D eigenvalue weighted by Crippen LogP contribution is -2.24. The van der Waals surface area contributed by atoms with E-state index in [0.717, 1.165) is 0 Å². The summed E-state index contributed by atoms with van der Waals surface area (Å²) < 4.78 is 0. The number of ketones is 2. The van der Waals surface area contributed by atoms with Crippen molar-refractivity contribution in [1.29, 1.82) is 0 Å². The molecule has 0 aromatic heterocycles. The summed E-state index contributed by atoms with van der Waals surface area (Å²) in [6, 6.07) is 0. The first-order valence-electron chi connectivity index (χ1n) is 3.07. The lowest BCUT2D eigenvalue weighted by Gasteiger charge is -1.95. The van der Waals surface area contributed by atoms with Gasteiger partial charge in [-0.05, 0) is 0 Å². The maximum atomic E-state index is 10.9. The second-order valence-electron chi connectivity index (χ2n) is 2.30. The van der Waals surface area contributed by atoms with Gasteiger partial charge in [-0.1, -0.05) is 0 Å². The minimum absolute atomic E-state index is 0.0131. The minimum Gasteiger partial charge on any atom is -0.373 e. The number of hydrogen-bond donors (Lipinski definition) is 2. The van der Waals surface area contributed by atoms with E-state index in [1.54, 1.807) is 0 Å². The molecule has 2 rings (SSSR count). The average Bonchev–Trinajstić information content (AvgIpc) is 2.41. The second kappa shape index (κ2) is 1.59. The zero-order valence-electron chi connectivity index (χ0n) is 5.23. The molecule has 0 atom stereocenters. The van der Waals surface area contributed by atoms with Crippen LogP contribution < -0.4 is 10.6 Å². The van der Waals surface area contributed by atoms with Gasteiger partial charge in [0.1, 0.15) is 11.4 Å². The Morgan fingerprint density at radius 1 is 0.900 bits per heavy atom. The van der Waals surface area contributed by atoms with Crippen molar-refractivity contribution < 1.29 is 9.59 Å². The first-order chi connectivity index (χ1) is 4.79. The van der Waals surface area contributed by atoms with Crippen molar-refractivity contribution in [3.8, 4) is 0 Å². The molecule has 52 valence electrons. The predicted octanol–water partition coefficient (Wildman–Crippen LogP) is -1.46. The van der Waals surface area contributed by atoms with Crippen LogP contribution in [0.15, 0.2) is 11.4 Å². The third kappa shape index (κ3) is 0.504. The topological polar surface area (TPSA) is 58.2 Å². The fraction of sp³-hybridized carbons (Fsp3) is 0.333. The van der Waals surface area contributed by atoms with Gasteiger partial charge in [0.05, 0.1) is 13.1 Å². The molecule has 2 heterocycles. The van der Waals surface area contributed by atoms with Crippen LogP contribution in [0.3, 0.4) is 0 Å². The van der Waals surface area contributed by atoms with Gasteiger partial charge < -0.3 is 10.6 Å². The summed E-state index contributed by atoms with van der Waals surface area (Å²) in [6.07, 6.45) is 0. The van der Waals surface area contributed by atoms with Crippen molar-refractivity contribution in [2.24, 2.45) is 0 Å². The number of carbonyl (C=O) groups is 2. The summed E-state index contributed by atoms with van der Waals surface area (Å²) in [7, 11) is 0. The molecule has 0 unspecified atom stereocenters. The average molecular weight is 138 g/mol. The zero-order valence-corrected chi connectivity index (χ0v) is 5.23. The van der Waals surface area contributed by atoms with Gasteiger partial charge in [-0.15, -0.1) is 0 Å². The summed E-state index contributed by atoms with van der Waals surface area (Å²) in [4.78, 5) is 21.7. The van der Waals surface area contributed by atoms with Gasteiger partial charge in [-0.2, -0.15) is 0 Å². The second-order valence-corrected chi connectivity index (χ2v) is 2.30. The van der Waals surface area contributed by atoms with E-state index >= 15 is 0 Å². The molecule has 2 aliphatic rings. The Morgan fingerprint density at radius 2 is 1.30 bits per heavy atom. The summed E-state index contributed by atoms with van der Waals surface area (Å²) in [6.45, 7) is 0.535. The first kappa shape index (κ1) is 5.46. The SMILES string of the molecule is O=C1CNC2=C1NCC2=O. The standard InChI is InChI=1S/C6H6N2O2/c9-3-1-7-6-4(10)2-8-5(3)6/h7-8H,1-2H2. The van der Waals surface area contributed by atoms with Crippen molar-refractivity contribution >= 4 is 11.6 Å². The largest absolute Gasteiger partial charge is 0.373 e. The van der Waals surface area contributed by atoms with Crippen LogP contribution in [0.25, 0.3) is 0 Å². The van der Waals surface area contributed by atoms with Gasteiger partial charge in [-0.25, -0.2) is 0 Å². The third-order valence-electron chi connectivity index (χ3n) is 1.66. The summed E-state index contributed by atoms with van der Waals surface area (Å²) in [5.74, 6) is -0.0262. The minimum atomic E-state index is -0.0131. The van der Waals surface area contributed by atoms with Crippen molar-refractivity contribution in [2.45, 2.75) is 0 Å². The molecule has 0 saturated carbocycles. The fourth-order valence-electron chi connectivity index (χ4n) is 1.17. The molecule has 2 aliphatic heterocycles. The van der Waals surface area contributed by atoms with Crippen LogP contribution in [0.1, 0.15) is 0 Å². The molecule has 4 heteroatoms. The monoisotopic (exact) mass is 138 g/mol. The molecule has 4 nitrogen and oxygen atoms in total. The van der Waals surface area contributed by atoms with Crippen molar-refractivity contribution in [2.75, 3.05) is 13.1 Å². The van der Waals surface area contributed by atoms with E-state index in [9.17, 15) is 9.59 Å². The smallest absolute Gasteiger partial charge is 0.199 e. The van der Waals surface area contributed by atoms with Gasteiger partial charge in [0, 0.05) is 0 Å². The van der Waals surface area contributed by atoms with Crippen LogP contribution in [0.2, 0.25) is 0 Å². The fourth-order valence-corrected chi connectivity index (χ4v) is 1.17. The van der Waals surface area contributed by atoms with E-state index in [1.807, 2.05) is 0 Å². The van der Waals surface area contributed by atoms with Gasteiger partial charge in [0.25, 0.3) is 0 Å². The molecule has 0 aliphatic carbocycles. The molecule has 0 saturated heterocycles. The lowest BCUT2D eigenvalue weighted by molar-refractivity contribution is -0.114. The molecule has 0 aromatic rings. The highest BCUT2D eigenvalue weighted by molar-refractivity contribution is 6.13. The van der Waals surface area contributed by atoms with Gasteiger partial charge in [0.15, 0.2) is 11.6 Å². The maximum absolute atomic E-state index is 10.9. The number of nitrogens with one attached hydrogen (secondary N) is 2. The molecule has 0 fully saturated rings. The van der Waals surface area contributed by atoms with Crippen LogP contribution in [0.5, 0.6) is 0 Å². The van der Waals surface area contributed by atoms with E-state index in [-0.39, 0.29) is 24.7 Å². The number of rotatable bonds is 0. The van der Waals surface area contributed by atoms with Crippen LogP contribution in [-0.4, -0.2) is 24.7 Å². The van der Waals surface area contributed by atoms with E-state index < -0.39 is 0 Å². The van der Waals surface area contributed by atoms with Crippen LogP contribution in [0, 0.1) is 0 Å². The maximum Gasteiger partial charge on any atom is 0.199 e. The Morgan fingerprint density at radius 3 is 1.70 bits per heavy atom. The molecule has 0 aromatic carbocycles. The van der Waals surface area contributed by atoms with Gasteiger partial charge in [-0.3, -0.25) is 9.59 Å². The highest BCUT2D eigenvalue weighted by atomic mass is 16.1. The van der Waals surface area contributed by atoms with E-state index in [0.29, 0.717) is 11.4 Å². The molecular weight excluding hydrogens is 132 g/mol. The van der Waals surface area contributed by atoms with Crippen molar-refractivity contribution in [3.05, 3.63) is 11.4 Å². The zero-order chi connectivity index (χ0) is 7.14. The molecule has 0 spiro atoms. The number of Topliss-reactive ketones (excluding diaryl/α,β-unsaturated/α-hetero) is 2. The van der Waals surface area contributed by atoms with E-state index in [2.05, 4.69) is 10.6 Å². The Labute approximate surface area is 57.3 Å². The van der Waals surface area contributed by atoms with Crippen molar-refractivity contribution in [1.82, 2.24) is 10.6 Å². The highest BCUT2D eigenvalue weighted by Gasteiger charge is 2.31. The third-order valence-corrected chi connectivity index (χ3v) is 1.66. The molecular formula is C6H6N2O2. The quantitative estimate of drug-likeness (QED) is 0.429. The Bertz CT molecular complexity index is 228.